The fraction of sp³-hybridized carbons (Fsp3) is 0. The summed E-state index contributed by atoms with van der Waals surface area (Å²) in [5.41, 5.74) is 1.02. The van der Waals surface area contributed by atoms with Gasteiger partial charge in [0.2, 0.25) is 0 Å². The molecule has 0 fully saturated rings. The van der Waals surface area contributed by atoms with Crippen molar-refractivity contribution >= 4 is 51.1 Å². The number of carboxylic acids is 1. The van der Waals surface area contributed by atoms with Gasteiger partial charge in [-0.15, -0.1) is 0 Å². The summed E-state index contributed by atoms with van der Waals surface area (Å²) in [6, 6.07) is 12.3. The zero-order chi connectivity index (χ0) is 19.6. The molecule has 1 aromatic heterocycles. The number of hydrogen-bond acceptors (Lipinski definition) is 5. The lowest BCUT2D eigenvalue weighted by Gasteiger charge is -2.02. The molecule has 0 saturated heterocycles. The van der Waals surface area contributed by atoms with E-state index in [0.717, 1.165) is 0 Å². The standard InChI is InChI=1S/C18H10BrClN2O5/c19-17-14(20)7-11(8-15(17)22(25)26)16-6-5-13(27-16)9-21-12-3-1-10(2-4-12)18(23)24/h1-9H,(H,23,24). The van der Waals surface area contributed by atoms with Crippen LogP contribution in [0.1, 0.15) is 16.1 Å². The molecule has 7 nitrogen and oxygen atoms in total. The Kier molecular flexibility index (Phi) is 5.38. The van der Waals surface area contributed by atoms with Crippen LogP contribution >= 0.6 is 27.5 Å². The third-order valence-electron chi connectivity index (χ3n) is 3.57. The smallest absolute Gasteiger partial charge is 0.335 e. The summed E-state index contributed by atoms with van der Waals surface area (Å²) >= 11 is 9.13. The van der Waals surface area contributed by atoms with E-state index in [1.54, 1.807) is 30.3 Å². The van der Waals surface area contributed by atoms with Crippen molar-refractivity contribution in [1.82, 2.24) is 0 Å². The van der Waals surface area contributed by atoms with Crippen molar-refractivity contribution in [2.45, 2.75) is 0 Å². The highest BCUT2D eigenvalue weighted by Gasteiger charge is 2.18. The summed E-state index contributed by atoms with van der Waals surface area (Å²) in [6.45, 7) is 0. The molecule has 0 spiro atoms. The summed E-state index contributed by atoms with van der Waals surface area (Å²) in [4.78, 5) is 25.6. The van der Waals surface area contributed by atoms with Gasteiger partial charge < -0.3 is 9.52 Å². The van der Waals surface area contributed by atoms with Gasteiger partial charge in [-0.3, -0.25) is 15.1 Å². The molecule has 3 aromatic rings. The van der Waals surface area contributed by atoms with Crippen LogP contribution in [0.2, 0.25) is 5.02 Å². The number of furan rings is 1. The Morgan fingerprint density at radius 3 is 2.56 bits per heavy atom. The van der Waals surface area contributed by atoms with Crippen LogP contribution in [0.3, 0.4) is 0 Å². The van der Waals surface area contributed by atoms with Gasteiger partial charge in [0.05, 0.1) is 27.4 Å². The molecule has 0 aliphatic heterocycles. The maximum Gasteiger partial charge on any atom is 0.335 e. The summed E-state index contributed by atoms with van der Waals surface area (Å²) < 4.78 is 5.85. The van der Waals surface area contributed by atoms with Gasteiger partial charge in [0.15, 0.2) is 0 Å². The highest BCUT2D eigenvalue weighted by Crippen LogP contribution is 2.37. The molecule has 1 N–H and O–H groups in total. The Balaban J connectivity index is 1.85. The van der Waals surface area contributed by atoms with Crippen LogP contribution in [0.25, 0.3) is 11.3 Å². The van der Waals surface area contributed by atoms with E-state index in [0.29, 0.717) is 22.8 Å². The lowest BCUT2D eigenvalue weighted by atomic mass is 10.1. The number of nitro groups is 1. The monoisotopic (exact) mass is 448 g/mol. The summed E-state index contributed by atoms with van der Waals surface area (Å²) in [6.07, 6.45) is 1.47. The van der Waals surface area contributed by atoms with Gasteiger partial charge in [0.25, 0.3) is 5.69 Å². The second kappa shape index (κ2) is 7.73. The van der Waals surface area contributed by atoms with E-state index in [4.69, 9.17) is 21.1 Å². The van der Waals surface area contributed by atoms with E-state index in [1.807, 2.05) is 0 Å². The predicted molar refractivity (Wildman–Crippen MR) is 104 cm³/mol. The third kappa shape index (κ3) is 4.24. The maximum atomic E-state index is 11.1. The van der Waals surface area contributed by atoms with Crippen molar-refractivity contribution in [3.05, 3.63) is 79.5 Å². The second-order valence-corrected chi connectivity index (χ2v) is 6.56. The van der Waals surface area contributed by atoms with E-state index in [2.05, 4.69) is 20.9 Å². The van der Waals surface area contributed by atoms with Crippen LogP contribution < -0.4 is 0 Å². The van der Waals surface area contributed by atoms with Gasteiger partial charge in [-0.05, 0) is 58.4 Å². The van der Waals surface area contributed by atoms with Crippen LogP contribution in [0.15, 0.2) is 62.4 Å². The highest BCUT2D eigenvalue weighted by atomic mass is 79.9. The number of carboxylic acid groups (broad SMARTS) is 1. The second-order valence-electron chi connectivity index (χ2n) is 5.36. The number of aliphatic imine (C=N–C) groups is 1. The average Bonchev–Trinajstić information content (AvgIpc) is 3.11. The molecular weight excluding hydrogens is 440 g/mol. The zero-order valence-electron chi connectivity index (χ0n) is 13.4. The molecule has 2 aromatic carbocycles. The molecular formula is C18H10BrClN2O5. The van der Waals surface area contributed by atoms with Gasteiger partial charge in [0, 0.05) is 11.6 Å². The van der Waals surface area contributed by atoms with E-state index < -0.39 is 10.9 Å². The van der Waals surface area contributed by atoms with Gasteiger partial charge in [-0.1, -0.05) is 11.6 Å². The first-order valence-corrected chi connectivity index (χ1v) is 8.63. The molecule has 0 amide bonds. The van der Waals surface area contributed by atoms with E-state index in [1.165, 1.54) is 24.4 Å². The predicted octanol–water partition coefficient (Wildman–Crippen LogP) is 5.72. The van der Waals surface area contributed by atoms with E-state index >= 15 is 0 Å². The Hall–Kier alpha value is -2.97. The summed E-state index contributed by atoms with van der Waals surface area (Å²) in [7, 11) is 0. The molecule has 9 heteroatoms. The number of benzene rings is 2. The number of rotatable bonds is 5. The first-order chi connectivity index (χ1) is 12.8. The van der Waals surface area contributed by atoms with Crippen LogP contribution in [-0.4, -0.2) is 22.2 Å². The summed E-state index contributed by atoms with van der Waals surface area (Å²) in [5, 5.41) is 20.2. The quantitative estimate of drug-likeness (QED) is 0.304. The average molecular weight is 450 g/mol. The van der Waals surface area contributed by atoms with Crippen molar-refractivity contribution in [2.75, 3.05) is 0 Å². The van der Waals surface area contributed by atoms with Crippen molar-refractivity contribution < 1.29 is 19.2 Å². The highest BCUT2D eigenvalue weighted by molar-refractivity contribution is 9.10. The largest absolute Gasteiger partial charge is 0.478 e. The van der Waals surface area contributed by atoms with Crippen LogP contribution in [-0.2, 0) is 0 Å². The molecule has 0 aliphatic carbocycles. The third-order valence-corrected chi connectivity index (χ3v) is 4.93. The SMILES string of the molecule is O=C(O)c1ccc(N=Cc2ccc(-c3cc(Cl)c(Br)c([N+](=O)[O-])c3)o2)cc1. The zero-order valence-corrected chi connectivity index (χ0v) is 15.8. The molecule has 0 saturated carbocycles. The Bertz CT molecular complexity index is 1060. The summed E-state index contributed by atoms with van der Waals surface area (Å²) in [5.74, 6) is -0.187. The maximum absolute atomic E-state index is 11.1. The van der Waals surface area contributed by atoms with Crippen molar-refractivity contribution in [1.29, 1.82) is 0 Å². The number of hydrogen-bond donors (Lipinski definition) is 1. The molecule has 136 valence electrons. The van der Waals surface area contributed by atoms with Crippen molar-refractivity contribution in [2.24, 2.45) is 4.99 Å². The first kappa shape index (κ1) is 18.8. The molecule has 0 aliphatic rings. The fourth-order valence-electron chi connectivity index (χ4n) is 2.26. The number of carbonyl (C=O) groups is 1. The molecule has 3 rings (SSSR count). The molecule has 0 unspecified atom stereocenters. The minimum atomic E-state index is -1.01. The number of halogens is 2. The van der Waals surface area contributed by atoms with Crippen LogP contribution in [0.5, 0.6) is 0 Å². The van der Waals surface area contributed by atoms with Gasteiger partial charge in [-0.25, -0.2) is 4.79 Å². The Labute approximate surface area is 166 Å². The number of nitro benzene ring substituents is 1. The molecule has 27 heavy (non-hydrogen) atoms. The van der Waals surface area contributed by atoms with Gasteiger partial charge >= 0.3 is 5.97 Å². The number of nitrogens with zero attached hydrogens (tertiary/aromatic N) is 2. The van der Waals surface area contributed by atoms with E-state index in [9.17, 15) is 14.9 Å². The Morgan fingerprint density at radius 1 is 1.22 bits per heavy atom. The molecule has 0 bridgehead atoms. The topological polar surface area (TPSA) is 106 Å². The van der Waals surface area contributed by atoms with Crippen molar-refractivity contribution in [3.63, 3.8) is 0 Å². The Morgan fingerprint density at radius 2 is 1.93 bits per heavy atom. The normalized spacial score (nSPS) is 11.0. The fourth-order valence-corrected chi connectivity index (χ4v) is 2.84. The minimum Gasteiger partial charge on any atom is -0.478 e. The molecule has 1 heterocycles. The lowest BCUT2D eigenvalue weighted by molar-refractivity contribution is -0.385. The first-order valence-electron chi connectivity index (χ1n) is 7.46. The molecule has 0 atom stereocenters. The van der Waals surface area contributed by atoms with Crippen molar-refractivity contribution in [3.8, 4) is 11.3 Å². The lowest BCUT2D eigenvalue weighted by Crippen LogP contribution is -1.94. The van der Waals surface area contributed by atoms with Gasteiger partial charge in [-0.2, -0.15) is 0 Å². The van der Waals surface area contributed by atoms with Crippen LogP contribution in [0.4, 0.5) is 11.4 Å². The van der Waals surface area contributed by atoms with E-state index in [-0.39, 0.29) is 20.7 Å². The number of aromatic carboxylic acids is 1. The molecule has 0 radical (unpaired) electrons. The minimum absolute atomic E-state index is 0.164. The van der Waals surface area contributed by atoms with Gasteiger partial charge in [0.1, 0.15) is 16.0 Å². The van der Waals surface area contributed by atoms with Crippen LogP contribution in [0, 0.1) is 10.1 Å².